The molecule has 1 aliphatic rings. The van der Waals surface area contributed by atoms with Gasteiger partial charge in [-0.2, -0.15) is 0 Å². The van der Waals surface area contributed by atoms with Crippen LogP contribution in [0.3, 0.4) is 0 Å². The minimum atomic E-state index is -3.49. The Morgan fingerprint density at radius 2 is 1.91 bits per heavy atom. The molecule has 0 spiro atoms. The number of likely N-dealkylation sites (tertiary alicyclic amines) is 1. The normalized spacial score (nSPS) is 22.0. The van der Waals surface area contributed by atoms with Gasteiger partial charge >= 0.3 is 0 Å². The highest BCUT2D eigenvalue weighted by molar-refractivity contribution is 7.91. The van der Waals surface area contributed by atoms with Crippen molar-refractivity contribution in [1.82, 2.24) is 4.90 Å². The fourth-order valence-electron chi connectivity index (χ4n) is 3.21. The molecule has 2 atom stereocenters. The topological polar surface area (TPSA) is 63.7 Å². The number of carbonyl (C=O) groups excluding carboxylic acids is 1. The smallest absolute Gasteiger partial charge is 0.237 e. The maximum absolute atomic E-state index is 12.3. The van der Waals surface area contributed by atoms with E-state index in [2.05, 4.69) is 13.8 Å². The second-order valence-corrected chi connectivity index (χ2v) is 8.69. The van der Waals surface area contributed by atoms with Crippen LogP contribution in [0.25, 0.3) is 0 Å². The van der Waals surface area contributed by atoms with Gasteiger partial charge in [0, 0.05) is 13.1 Å². The van der Waals surface area contributed by atoms with E-state index in [4.69, 9.17) is 4.74 Å². The van der Waals surface area contributed by atoms with Gasteiger partial charge in [0.2, 0.25) is 5.91 Å². The third-order valence-corrected chi connectivity index (χ3v) is 5.55. The zero-order valence-electron chi connectivity index (χ0n) is 14.0. The number of carbonyl (C=O) groups is 1. The fraction of sp³-hybridized carbons (Fsp3) is 0.588. The number of benzene rings is 1. The molecule has 1 fully saturated rings. The maximum atomic E-state index is 12.3. The largest absolute Gasteiger partial charge is 0.497 e. The van der Waals surface area contributed by atoms with Gasteiger partial charge in [-0.1, -0.05) is 26.0 Å². The van der Waals surface area contributed by atoms with Gasteiger partial charge in [0.15, 0.2) is 9.84 Å². The number of hydrogen-bond acceptors (Lipinski definition) is 4. The molecule has 1 heterocycles. The van der Waals surface area contributed by atoms with Crippen molar-refractivity contribution in [3.63, 3.8) is 0 Å². The van der Waals surface area contributed by atoms with Crippen molar-refractivity contribution in [2.75, 3.05) is 26.0 Å². The first-order valence-electron chi connectivity index (χ1n) is 7.90. The molecule has 0 aliphatic carbocycles. The third kappa shape index (κ3) is 5.23. The van der Waals surface area contributed by atoms with Gasteiger partial charge in [0.1, 0.15) is 11.5 Å². The monoisotopic (exact) mass is 339 g/mol. The Morgan fingerprint density at radius 1 is 1.26 bits per heavy atom. The molecule has 0 saturated carbocycles. The van der Waals surface area contributed by atoms with E-state index < -0.39 is 15.6 Å². The standard InChI is InChI=1S/C17H25NO4S/c1-13-7-14(2)10-18(9-13)17(19)12-23(20,21)11-15-5-4-6-16(8-15)22-3/h4-6,8,13-14H,7,9-12H2,1-3H3. The summed E-state index contributed by atoms with van der Waals surface area (Å²) < 4.78 is 29.8. The molecule has 1 aromatic rings. The molecule has 1 aliphatic heterocycles. The molecule has 0 aromatic heterocycles. The summed E-state index contributed by atoms with van der Waals surface area (Å²) in [4.78, 5) is 14.0. The van der Waals surface area contributed by atoms with E-state index in [0.717, 1.165) is 6.42 Å². The Bertz CT molecular complexity index is 646. The van der Waals surface area contributed by atoms with Crippen LogP contribution in [0.1, 0.15) is 25.8 Å². The van der Waals surface area contributed by atoms with Gasteiger partial charge in [-0.05, 0) is 36.0 Å². The predicted molar refractivity (Wildman–Crippen MR) is 90.0 cm³/mol. The molecular weight excluding hydrogens is 314 g/mol. The van der Waals surface area contributed by atoms with E-state index in [1.54, 1.807) is 29.2 Å². The lowest BCUT2D eigenvalue weighted by atomic mass is 9.92. The zero-order chi connectivity index (χ0) is 17.0. The first-order valence-corrected chi connectivity index (χ1v) is 9.72. The molecular formula is C17H25NO4S. The van der Waals surface area contributed by atoms with Crippen LogP contribution in [0, 0.1) is 11.8 Å². The molecule has 5 nitrogen and oxygen atoms in total. The Kier molecular flexibility index (Phi) is 5.68. The van der Waals surface area contributed by atoms with Crippen LogP contribution in [0.5, 0.6) is 5.75 Å². The summed E-state index contributed by atoms with van der Waals surface area (Å²) in [6, 6.07) is 6.93. The van der Waals surface area contributed by atoms with Crippen molar-refractivity contribution in [2.24, 2.45) is 11.8 Å². The molecule has 2 unspecified atom stereocenters. The molecule has 0 bridgehead atoms. The van der Waals surface area contributed by atoms with E-state index in [9.17, 15) is 13.2 Å². The molecule has 6 heteroatoms. The van der Waals surface area contributed by atoms with Crippen LogP contribution in [-0.2, 0) is 20.4 Å². The van der Waals surface area contributed by atoms with Crippen molar-refractivity contribution >= 4 is 15.7 Å². The van der Waals surface area contributed by atoms with Crippen LogP contribution in [-0.4, -0.2) is 45.2 Å². The maximum Gasteiger partial charge on any atom is 0.237 e. The van der Waals surface area contributed by atoms with Crippen LogP contribution in [0.2, 0.25) is 0 Å². The quantitative estimate of drug-likeness (QED) is 0.824. The van der Waals surface area contributed by atoms with Gasteiger partial charge in [0.05, 0.1) is 12.9 Å². The summed E-state index contributed by atoms with van der Waals surface area (Å²) in [5.41, 5.74) is 0.637. The summed E-state index contributed by atoms with van der Waals surface area (Å²) in [5, 5.41) is 0. The Hall–Kier alpha value is -1.56. The Balaban J connectivity index is 2.01. The summed E-state index contributed by atoms with van der Waals surface area (Å²) in [7, 11) is -1.95. The number of piperidine rings is 1. The van der Waals surface area contributed by atoms with Crippen molar-refractivity contribution < 1.29 is 17.9 Å². The van der Waals surface area contributed by atoms with Gasteiger partial charge in [-0.15, -0.1) is 0 Å². The average molecular weight is 339 g/mol. The summed E-state index contributed by atoms with van der Waals surface area (Å²) >= 11 is 0. The highest BCUT2D eigenvalue weighted by Crippen LogP contribution is 2.21. The van der Waals surface area contributed by atoms with Crippen molar-refractivity contribution in [3.8, 4) is 5.75 Å². The molecule has 2 rings (SSSR count). The molecule has 0 radical (unpaired) electrons. The van der Waals surface area contributed by atoms with Crippen LogP contribution < -0.4 is 4.74 Å². The van der Waals surface area contributed by atoms with Gasteiger partial charge < -0.3 is 9.64 Å². The summed E-state index contributed by atoms with van der Waals surface area (Å²) in [5.74, 6) is 0.597. The third-order valence-electron chi connectivity index (χ3n) is 4.09. The summed E-state index contributed by atoms with van der Waals surface area (Å²) in [6.45, 7) is 5.50. The first kappa shape index (κ1) is 17.8. The SMILES string of the molecule is COc1cccc(CS(=O)(=O)CC(=O)N2CC(C)CC(C)C2)c1. The van der Waals surface area contributed by atoms with Crippen molar-refractivity contribution in [3.05, 3.63) is 29.8 Å². The van der Waals surface area contributed by atoms with E-state index in [0.29, 0.717) is 36.2 Å². The Labute approximate surface area is 138 Å². The second-order valence-electron chi connectivity index (χ2n) is 6.63. The van der Waals surface area contributed by atoms with E-state index in [1.807, 2.05) is 0 Å². The minimum absolute atomic E-state index is 0.144. The number of methoxy groups -OCH3 is 1. The number of nitrogens with zero attached hydrogens (tertiary/aromatic N) is 1. The first-order chi connectivity index (χ1) is 10.8. The molecule has 1 aromatic carbocycles. The van der Waals surface area contributed by atoms with E-state index in [-0.39, 0.29) is 11.7 Å². The van der Waals surface area contributed by atoms with Crippen LogP contribution in [0.15, 0.2) is 24.3 Å². The number of ether oxygens (including phenoxy) is 1. The Morgan fingerprint density at radius 3 is 2.52 bits per heavy atom. The second kappa shape index (κ2) is 7.34. The minimum Gasteiger partial charge on any atom is -0.497 e. The molecule has 128 valence electrons. The van der Waals surface area contributed by atoms with Crippen molar-refractivity contribution in [2.45, 2.75) is 26.0 Å². The van der Waals surface area contributed by atoms with Gasteiger partial charge in [-0.25, -0.2) is 8.42 Å². The molecule has 23 heavy (non-hydrogen) atoms. The van der Waals surface area contributed by atoms with Crippen LogP contribution in [0.4, 0.5) is 0 Å². The molecule has 0 N–H and O–H groups in total. The highest BCUT2D eigenvalue weighted by atomic mass is 32.2. The van der Waals surface area contributed by atoms with E-state index in [1.165, 1.54) is 7.11 Å². The zero-order valence-corrected chi connectivity index (χ0v) is 14.8. The molecule has 1 saturated heterocycles. The van der Waals surface area contributed by atoms with E-state index >= 15 is 0 Å². The number of sulfone groups is 1. The van der Waals surface area contributed by atoms with Crippen molar-refractivity contribution in [1.29, 1.82) is 0 Å². The highest BCUT2D eigenvalue weighted by Gasteiger charge is 2.28. The average Bonchev–Trinajstić information content (AvgIpc) is 2.45. The van der Waals surface area contributed by atoms with Crippen LogP contribution >= 0.6 is 0 Å². The summed E-state index contributed by atoms with van der Waals surface area (Å²) in [6.07, 6.45) is 1.08. The number of amides is 1. The predicted octanol–water partition coefficient (Wildman–Crippen LogP) is 2.11. The number of rotatable bonds is 5. The van der Waals surface area contributed by atoms with Gasteiger partial charge in [0.25, 0.3) is 0 Å². The lowest BCUT2D eigenvalue weighted by Gasteiger charge is -2.35. The molecule has 1 amide bonds. The lowest BCUT2D eigenvalue weighted by Crippen LogP contribution is -2.45. The van der Waals surface area contributed by atoms with Gasteiger partial charge in [-0.3, -0.25) is 4.79 Å². The fourth-order valence-corrected chi connectivity index (χ4v) is 4.56. The number of hydrogen-bond donors (Lipinski definition) is 0. The lowest BCUT2D eigenvalue weighted by molar-refractivity contribution is -0.131.